The number of rotatable bonds is 4. The largest absolute Gasteiger partial charge is 0.490 e. The second-order valence-electron chi connectivity index (χ2n) is 7.33. The molecule has 0 spiro atoms. The monoisotopic (exact) mass is 404 g/mol. The third-order valence-electron chi connectivity index (χ3n) is 5.05. The smallest absolute Gasteiger partial charge is 0.137 e. The summed E-state index contributed by atoms with van der Waals surface area (Å²) in [6, 6.07) is 14.6. The summed E-state index contributed by atoms with van der Waals surface area (Å²) in [4.78, 5) is 5.83. The van der Waals surface area contributed by atoms with Crippen molar-refractivity contribution >= 4 is 11.3 Å². The fraction of sp³-hybridized carbons (Fsp3) is 0.360. The maximum absolute atomic E-state index is 9.47. The number of ether oxygens (including phenoxy) is 1. The number of nitriles is 1. The molecule has 2 aromatic carbocycles. The summed E-state index contributed by atoms with van der Waals surface area (Å²) < 4.78 is 5.72. The molecule has 0 saturated heterocycles. The maximum atomic E-state index is 9.47. The highest BCUT2D eigenvalue weighted by molar-refractivity contribution is 7.18. The van der Waals surface area contributed by atoms with E-state index in [-0.39, 0.29) is 6.10 Å². The molecule has 1 aliphatic carbocycles. The second-order valence-corrected chi connectivity index (χ2v) is 8.36. The number of fused-ring (bicyclic) bond motifs is 1. The van der Waals surface area contributed by atoms with Crippen LogP contribution in [0.25, 0.3) is 21.0 Å². The zero-order valence-corrected chi connectivity index (χ0v) is 18.6. The maximum Gasteiger partial charge on any atom is 0.137 e. The summed E-state index contributed by atoms with van der Waals surface area (Å²) in [6.07, 6.45) is 4.36. The molecule has 0 amide bonds. The predicted molar refractivity (Wildman–Crippen MR) is 122 cm³/mol. The van der Waals surface area contributed by atoms with Gasteiger partial charge in [0.25, 0.3) is 0 Å². The van der Waals surface area contributed by atoms with Crippen molar-refractivity contribution < 1.29 is 4.74 Å². The topological polar surface area (TPSA) is 45.9 Å². The summed E-state index contributed by atoms with van der Waals surface area (Å²) in [5.41, 5.74) is 5.76. The molecule has 3 aromatic rings. The van der Waals surface area contributed by atoms with Gasteiger partial charge in [-0.1, -0.05) is 39.0 Å². The molecule has 1 aliphatic rings. The number of aromatic nitrogens is 1. The van der Waals surface area contributed by atoms with E-state index in [2.05, 4.69) is 36.2 Å². The van der Waals surface area contributed by atoms with E-state index in [0.29, 0.717) is 17.2 Å². The van der Waals surface area contributed by atoms with E-state index in [0.717, 1.165) is 17.0 Å². The van der Waals surface area contributed by atoms with Gasteiger partial charge in [-0.15, -0.1) is 11.3 Å². The number of hydrogen-bond donors (Lipinski definition) is 0. The first-order chi connectivity index (χ1) is 14.1. The van der Waals surface area contributed by atoms with Crippen LogP contribution >= 0.6 is 11.3 Å². The first-order valence-electron chi connectivity index (χ1n) is 10.4. The normalized spacial score (nSPS) is 14.7. The van der Waals surface area contributed by atoms with Crippen LogP contribution in [0.2, 0.25) is 0 Å². The molecule has 0 radical (unpaired) electrons. The van der Waals surface area contributed by atoms with Crippen LogP contribution in [0.1, 0.15) is 63.6 Å². The van der Waals surface area contributed by atoms with Crippen LogP contribution in [-0.4, -0.2) is 11.1 Å². The summed E-state index contributed by atoms with van der Waals surface area (Å²) in [5, 5.41) is 10.4. The Kier molecular flexibility index (Phi) is 6.71. The third-order valence-corrected chi connectivity index (χ3v) is 6.13. The van der Waals surface area contributed by atoms with E-state index in [1.807, 2.05) is 52.1 Å². The molecular weight excluding hydrogens is 376 g/mol. The summed E-state index contributed by atoms with van der Waals surface area (Å²) in [5.74, 6) is 1.27. The van der Waals surface area contributed by atoms with Gasteiger partial charge in [0.05, 0.1) is 16.5 Å². The van der Waals surface area contributed by atoms with E-state index in [9.17, 15) is 5.26 Å². The minimum Gasteiger partial charge on any atom is -0.490 e. The fourth-order valence-corrected chi connectivity index (χ4v) is 4.70. The van der Waals surface area contributed by atoms with Gasteiger partial charge in [-0.05, 0) is 67.5 Å². The zero-order valence-electron chi connectivity index (χ0n) is 17.8. The Labute approximate surface area is 178 Å². The molecule has 3 nitrogen and oxygen atoms in total. The number of nitrogens with zero attached hydrogens (tertiary/aromatic N) is 2. The standard InChI is InChI=1S/C23H22N2OS.C2H6/c1-14(2)26-21-10-8-16(11-17(21)12-24)23-25-13-22(27-23)20-6-4-5-18-15(3)7-9-19(18)20;1-2/h4-6,8,10-11,13-15H,7,9H2,1-3H3;1-2H3. The highest BCUT2D eigenvalue weighted by Gasteiger charge is 2.22. The van der Waals surface area contributed by atoms with Gasteiger partial charge in [-0.2, -0.15) is 5.26 Å². The van der Waals surface area contributed by atoms with Crippen LogP contribution in [0.4, 0.5) is 0 Å². The van der Waals surface area contributed by atoms with Gasteiger partial charge in [0, 0.05) is 11.8 Å². The van der Waals surface area contributed by atoms with Crippen molar-refractivity contribution in [2.24, 2.45) is 0 Å². The van der Waals surface area contributed by atoms with Crippen molar-refractivity contribution in [2.75, 3.05) is 0 Å². The Morgan fingerprint density at radius 1 is 1.21 bits per heavy atom. The summed E-state index contributed by atoms with van der Waals surface area (Å²) in [7, 11) is 0. The van der Waals surface area contributed by atoms with Gasteiger partial charge < -0.3 is 4.74 Å². The van der Waals surface area contributed by atoms with E-state index in [1.54, 1.807) is 11.3 Å². The van der Waals surface area contributed by atoms with Crippen molar-refractivity contribution in [3.05, 3.63) is 59.3 Å². The Hall–Kier alpha value is -2.64. The molecule has 1 aromatic heterocycles. The van der Waals surface area contributed by atoms with Gasteiger partial charge in [0.2, 0.25) is 0 Å². The average molecular weight is 405 g/mol. The van der Waals surface area contributed by atoms with E-state index >= 15 is 0 Å². The van der Waals surface area contributed by atoms with Crippen molar-refractivity contribution in [1.29, 1.82) is 5.26 Å². The molecule has 4 rings (SSSR count). The Morgan fingerprint density at radius 3 is 2.72 bits per heavy atom. The lowest BCUT2D eigenvalue weighted by atomic mass is 9.99. The lowest BCUT2D eigenvalue weighted by Crippen LogP contribution is -2.06. The minimum atomic E-state index is 0.0389. The summed E-state index contributed by atoms with van der Waals surface area (Å²) >= 11 is 1.68. The van der Waals surface area contributed by atoms with Crippen LogP contribution in [0, 0.1) is 11.3 Å². The quantitative estimate of drug-likeness (QED) is 0.461. The lowest BCUT2D eigenvalue weighted by Gasteiger charge is -2.11. The molecule has 29 heavy (non-hydrogen) atoms. The van der Waals surface area contributed by atoms with Crippen LogP contribution in [0.5, 0.6) is 5.75 Å². The van der Waals surface area contributed by atoms with Crippen molar-refractivity contribution in [3.63, 3.8) is 0 Å². The van der Waals surface area contributed by atoms with Crippen LogP contribution < -0.4 is 4.74 Å². The van der Waals surface area contributed by atoms with Crippen molar-refractivity contribution in [3.8, 4) is 32.8 Å². The molecule has 150 valence electrons. The van der Waals surface area contributed by atoms with Gasteiger partial charge in [0.15, 0.2) is 0 Å². The number of thiazole rings is 1. The van der Waals surface area contributed by atoms with Crippen LogP contribution in [0.15, 0.2) is 42.6 Å². The molecule has 1 heterocycles. The SMILES string of the molecule is CC.CC(C)Oc1ccc(-c2ncc(-c3cccc4c3CCC4C)s2)cc1C#N. The molecule has 0 saturated carbocycles. The van der Waals surface area contributed by atoms with Gasteiger partial charge >= 0.3 is 0 Å². The van der Waals surface area contributed by atoms with E-state index in [4.69, 9.17) is 4.74 Å². The second kappa shape index (κ2) is 9.24. The Balaban J connectivity index is 0.00000117. The van der Waals surface area contributed by atoms with Gasteiger partial charge in [-0.25, -0.2) is 4.98 Å². The molecule has 4 heteroatoms. The zero-order chi connectivity index (χ0) is 21.0. The molecule has 0 N–H and O–H groups in total. The third kappa shape index (κ3) is 4.36. The summed E-state index contributed by atoms with van der Waals surface area (Å²) in [6.45, 7) is 10.2. The van der Waals surface area contributed by atoms with E-state index in [1.165, 1.54) is 28.0 Å². The molecule has 1 atom stereocenters. The van der Waals surface area contributed by atoms with Crippen molar-refractivity contribution in [1.82, 2.24) is 4.98 Å². The first kappa shape index (κ1) is 21.1. The highest BCUT2D eigenvalue weighted by atomic mass is 32.1. The van der Waals surface area contributed by atoms with Crippen molar-refractivity contribution in [2.45, 2.75) is 59.5 Å². The van der Waals surface area contributed by atoms with Gasteiger partial charge in [0.1, 0.15) is 16.8 Å². The molecule has 0 aliphatic heterocycles. The highest BCUT2D eigenvalue weighted by Crippen LogP contribution is 2.41. The Morgan fingerprint density at radius 2 is 2.00 bits per heavy atom. The average Bonchev–Trinajstić information content (AvgIpc) is 3.37. The number of benzene rings is 2. The van der Waals surface area contributed by atoms with Gasteiger partial charge in [-0.3, -0.25) is 0 Å². The van der Waals surface area contributed by atoms with Crippen LogP contribution in [-0.2, 0) is 6.42 Å². The predicted octanol–water partition coefficient (Wildman–Crippen LogP) is 7.21. The first-order valence-corrected chi connectivity index (χ1v) is 11.2. The minimum absolute atomic E-state index is 0.0389. The Bertz CT molecular complexity index is 1030. The fourth-order valence-electron chi connectivity index (χ4n) is 3.73. The molecule has 1 unspecified atom stereocenters. The molecule has 0 bridgehead atoms. The molecular formula is C25H28N2OS. The lowest BCUT2D eigenvalue weighted by molar-refractivity contribution is 0.242. The molecule has 0 fully saturated rings. The number of hydrogen-bond acceptors (Lipinski definition) is 4. The van der Waals surface area contributed by atoms with Crippen LogP contribution in [0.3, 0.4) is 0 Å². The van der Waals surface area contributed by atoms with E-state index < -0.39 is 0 Å².